The minimum Gasteiger partial charge on any atom is -0.381 e. The molecule has 3 rings (SSSR count). The van der Waals surface area contributed by atoms with Crippen molar-refractivity contribution >= 4 is 5.91 Å². The minimum atomic E-state index is -0.418. The fourth-order valence-electron chi connectivity index (χ4n) is 4.66. The number of carbonyl (C=O) groups is 1. The molecule has 108 valence electrons. The molecule has 0 aromatic carbocycles. The SMILES string of the molecule is NC(=O)C1(N2CCNCC2)CCCC12CCOCC2. The molecular weight excluding hydrogens is 242 g/mol. The van der Waals surface area contributed by atoms with E-state index in [-0.39, 0.29) is 11.3 Å². The van der Waals surface area contributed by atoms with Crippen LogP contribution in [-0.2, 0) is 9.53 Å². The first-order valence-electron chi connectivity index (χ1n) is 7.55. The summed E-state index contributed by atoms with van der Waals surface area (Å²) in [7, 11) is 0. The highest BCUT2D eigenvalue weighted by Gasteiger charge is 2.61. The van der Waals surface area contributed by atoms with E-state index in [0.29, 0.717) is 0 Å². The topological polar surface area (TPSA) is 67.6 Å². The first kappa shape index (κ1) is 13.3. The van der Waals surface area contributed by atoms with E-state index in [9.17, 15) is 4.79 Å². The van der Waals surface area contributed by atoms with Crippen LogP contribution < -0.4 is 11.1 Å². The fourth-order valence-corrected chi connectivity index (χ4v) is 4.66. The molecular formula is C14H25N3O2. The standard InChI is InChI=1S/C14H25N3O2/c15-12(18)14(17-8-6-16-7-9-17)3-1-2-13(14)4-10-19-11-5-13/h16H,1-11H2,(H2,15,18). The summed E-state index contributed by atoms with van der Waals surface area (Å²) in [6.45, 7) is 5.35. The Kier molecular flexibility index (Phi) is 3.53. The average Bonchev–Trinajstić information content (AvgIpc) is 2.80. The van der Waals surface area contributed by atoms with E-state index in [2.05, 4.69) is 10.2 Å². The lowest BCUT2D eigenvalue weighted by atomic mass is 9.65. The van der Waals surface area contributed by atoms with Crippen molar-refractivity contribution in [2.75, 3.05) is 39.4 Å². The van der Waals surface area contributed by atoms with Crippen molar-refractivity contribution in [3.8, 4) is 0 Å². The van der Waals surface area contributed by atoms with Gasteiger partial charge in [-0.3, -0.25) is 9.69 Å². The average molecular weight is 267 g/mol. The van der Waals surface area contributed by atoms with Crippen LogP contribution in [0.3, 0.4) is 0 Å². The van der Waals surface area contributed by atoms with Crippen molar-refractivity contribution in [1.82, 2.24) is 10.2 Å². The zero-order valence-electron chi connectivity index (χ0n) is 11.6. The van der Waals surface area contributed by atoms with Gasteiger partial charge in [-0.1, -0.05) is 6.42 Å². The molecule has 5 heteroatoms. The number of rotatable bonds is 2. The van der Waals surface area contributed by atoms with Gasteiger partial charge >= 0.3 is 0 Å². The minimum absolute atomic E-state index is 0.0639. The van der Waals surface area contributed by atoms with E-state index < -0.39 is 5.54 Å². The lowest BCUT2D eigenvalue weighted by molar-refractivity contribution is -0.146. The fraction of sp³-hybridized carbons (Fsp3) is 0.929. The molecule has 2 saturated heterocycles. The lowest BCUT2D eigenvalue weighted by Crippen LogP contribution is -2.68. The number of nitrogens with two attached hydrogens (primary N) is 1. The second kappa shape index (κ2) is 5.04. The summed E-state index contributed by atoms with van der Waals surface area (Å²) in [6.07, 6.45) is 5.15. The molecule has 2 aliphatic heterocycles. The van der Waals surface area contributed by atoms with Gasteiger partial charge in [-0.05, 0) is 25.7 Å². The predicted octanol–water partition coefficient (Wildman–Crippen LogP) is 0.0964. The van der Waals surface area contributed by atoms with Crippen molar-refractivity contribution in [3.63, 3.8) is 0 Å². The number of hydrogen-bond donors (Lipinski definition) is 2. The third-order valence-electron chi connectivity index (χ3n) is 5.59. The number of hydrogen-bond acceptors (Lipinski definition) is 4. The summed E-state index contributed by atoms with van der Waals surface area (Å²) < 4.78 is 5.53. The summed E-state index contributed by atoms with van der Waals surface area (Å²) >= 11 is 0. The van der Waals surface area contributed by atoms with Crippen LogP contribution >= 0.6 is 0 Å². The Hall–Kier alpha value is -0.650. The molecule has 0 radical (unpaired) electrons. The van der Waals surface area contributed by atoms with Gasteiger partial charge in [0.05, 0.1) is 0 Å². The second-order valence-electron chi connectivity index (χ2n) is 6.21. The largest absolute Gasteiger partial charge is 0.381 e. The van der Waals surface area contributed by atoms with E-state index in [0.717, 1.165) is 71.5 Å². The smallest absolute Gasteiger partial charge is 0.238 e. The molecule has 0 aromatic rings. The van der Waals surface area contributed by atoms with Gasteiger partial charge in [0.2, 0.25) is 5.91 Å². The summed E-state index contributed by atoms with van der Waals surface area (Å²) in [5.41, 5.74) is 5.57. The zero-order chi connectivity index (χ0) is 13.3. The Morgan fingerprint density at radius 2 is 1.79 bits per heavy atom. The van der Waals surface area contributed by atoms with Crippen LogP contribution in [0.25, 0.3) is 0 Å². The third kappa shape index (κ3) is 1.90. The molecule has 1 aliphatic carbocycles. The van der Waals surface area contributed by atoms with Gasteiger partial charge in [0.15, 0.2) is 0 Å². The highest BCUT2D eigenvalue weighted by Crippen LogP contribution is 2.55. The van der Waals surface area contributed by atoms with Crippen LogP contribution in [0.1, 0.15) is 32.1 Å². The van der Waals surface area contributed by atoms with Gasteiger partial charge in [-0.15, -0.1) is 0 Å². The van der Waals surface area contributed by atoms with Gasteiger partial charge in [-0.25, -0.2) is 0 Å². The lowest BCUT2D eigenvalue weighted by Gasteiger charge is -2.53. The number of primary amides is 1. The number of amides is 1. The molecule has 1 unspecified atom stereocenters. The molecule has 5 nitrogen and oxygen atoms in total. The molecule has 3 aliphatic rings. The van der Waals surface area contributed by atoms with Crippen LogP contribution in [0.15, 0.2) is 0 Å². The van der Waals surface area contributed by atoms with Crippen molar-refractivity contribution in [2.45, 2.75) is 37.6 Å². The number of ether oxygens (including phenoxy) is 1. The van der Waals surface area contributed by atoms with Crippen LogP contribution in [0.5, 0.6) is 0 Å². The molecule has 1 amide bonds. The van der Waals surface area contributed by atoms with E-state index >= 15 is 0 Å². The Labute approximate surface area is 114 Å². The van der Waals surface area contributed by atoms with Crippen LogP contribution in [0.2, 0.25) is 0 Å². The Bertz CT molecular complexity index is 349. The normalized spacial score (nSPS) is 35.6. The van der Waals surface area contributed by atoms with Gasteiger partial charge in [0.25, 0.3) is 0 Å². The summed E-state index contributed by atoms with van der Waals surface area (Å²) in [6, 6.07) is 0. The van der Waals surface area contributed by atoms with Gasteiger partial charge in [0, 0.05) is 44.8 Å². The Morgan fingerprint density at radius 1 is 1.11 bits per heavy atom. The summed E-state index contributed by atoms with van der Waals surface area (Å²) in [5, 5.41) is 3.37. The number of nitrogens with zero attached hydrogens (tertiary/aromatic N) is 1. The van der Waals surface area contributed by atoms with Gasteiger partial charge < -0.3 is 15.8 Å². The Balaban J connectivity index is 1.95. The summed E-state index contributed by atoms with van der Waals surface area (Å²) in [4.78, 5) is 14.8. The van der Waals surface area contributed by atoms with Crippen molar-refractivity contribution in [1.29, 1.82) is 0 Å². The van der Waals surface area contributed by atoms with Gasteiger partial charge in [0.1, 0.15) is 5.54 Å². The highest BCUT2D eigenvalue weighted by molar-refractivity contribution is 5.86. The number of piperazine rings is 1. The maximum absolute atomic E-state index is 12.4. The molecule has 2 heterocycles. The second-order valence-corrected chi connectivity index (χ2v) is 6.21. The van der Waals surface area contributed by atoms with Crippen molar-refractivity contribution in [2.24, 2.45) is 11.1 Å². The first-order valence-corrected chi connectivity index (χ1v) is 7.55. The molecule has 19 heavy (non-hydrogen) atoms. The maximum Gasteiger partial charge on any atom is 0.238 e. The van der Waals surface area contributed by atoms with Crippen molar-refractivity contribution in [3.05, 3.63) is 0 Å². The van der Waals surface area contributed by atoms with Crippen molar-refractivity contribution < 1.29 is 9.53 Å². The van der Waals surface area contributed by atoms with E-state index in [1.54, 1.807) is 0 Å². The van der Waals surface area contributed by atoms with Crippen LogP contribution in [0, 0.1) is 5.41 Å². The monoisotopic (exact) mass is 267 g/mol. The Morgan fingerprint density at radius 3 is 2.42 bits per heavy atom. The zero-order valence-corrected chi connectivity index (χ0v) is 11.6. The quantitative estimate of drug-likeness (QED) is 0.744. The molecule has 3 N–H and O–H groups in total. The third-order valence-corrected chi connectivity index (χ3v) is 5.59. The maximum atomic E-state index is 12.4. The van der Waals surface area contributed by atoms with Crippen LogP contribution in [-0.4, -0.2) is 55.7 Å². The molecule has 1 atom stereocenters. The highest BCUT2D eigenvalue weighted by atomic mass is 16.5. The van der Waals surface area contributed by atoms with Gasteiger partial charge in [-0.2, -0.15) is 0 Å². The molecule has 1 saturated carbocycles. The van der Waals surface area contributed by atoms with E-state index in [4.69, 9.17) is 10.5 Å². The van der Waals surface area contributed by atoms with E-state index in [1.807, 2.05) is 0 Å². The van der Waals surface area contributed by atoms with E-state index in [1.165, 1.54) is 0 Å². The molecule has 0 bridgehead atoms. The molecule has 1 spiro atoms. The number of carbonyl (C=O) groups excluding carboxylic acids is 1. The summed E-state index contributed by atoms with van der Waals surface area (Å²) in [5.74, 6) is -0.103. The first-order chi connectivity index (χ1) is 9.21. The number of nitrogens with one attached hydrogen (secondary N) is 1. The predicted molar refractivity (Wildman–Crippen MR) is 72.7 cm³/mol. The molecule has 0 aromatic heterocycles. The van der Waals surface area contributed by atoms with Crippen LogP contribution in [0.4, 0.5) is 0 Å². The molecule has 3 fully saturated rings.